The van der Waals surface area contributed by atoms with Crippen molar-refractivity contribution in [3.05, 3.63) is 53.1 Å². The molecule has 0 aliphatic carbocycles. The van der Waals surface area contributed by atoms with Gasteiger partial charge in [0.2, 0.25) is 12.7 Å². The van der Waals surface area contributed by atoms with E-state index in [1.807, 2.05) is 49.4 Å². The van der Waals surface area contributed by atoms with Crippen LogP contribution in [0.15, 0.2) is 42.5 Å². The Balaban J connectivity index is 1.27. The fourth-order valence-corrected chi connectivity index (χ4v) is 3.87. The van der Waals surface area contributed by atoms with Gasteiger partial charge in [0.25, 0.3) is 0 Å². The number of halogens is 1. The van der Waals surface area contributed by atoms with E-state index in [1.54, 1.807) is 0 Å². The van der Waals surface area contributed by atoms with E-state index in [9.17, 15) is 4.79 Å². The molecule has 2 aromatic rings. The first-order chi connectivity index (χ1) is 13.6. The normalized spacial score (nSPS) is 17.4. The minimum atomic E-state index is -0.0913. The summed E-state index contributed by atoms with van der Waals surface area (Å²) in [5.41, 5.74) is 2.06. The van der Waals surface area contributed by atoms with Crippen molar-refractivity contribution in [3.8, 4) is 11.5 Å². The number of nitrogens with zero attached hydrogens (tertiary/aromatic N) is 2. The van der Waals surface area contributed by atoms with E-state index >= 15 is 0 Å². The molecule has 0 saturated carbocycles. The second-order valence-corrected chi connectivity index (χ2v) is 7.52. The number of amides is 1. The smallest absolute Gasteiger partial charge is 0.234 e. The van der Waals surface area contributed by atoms with Gasteiger partial charge in [-0.25, -0.2) is 0 Å². The Kier molecular flexibility index (Phi) is 5.59. The molecule has 4 rings (SSSR count). The van der Waals surface area contributed by atoms with E-state index in [4.69, 9.17) is 21.1 Å². The number of nitrogens with one attached hydrogen (secondary N) is 1. The third-order valence-corrected chi connectivity index (χ3v) is 5.53. The quantitative estimate of drug-likeness (QED) is 0.834. The Hall–Kier alpha value is -2.44. The van der Waals surface area contributed by atoms with Crippen LogP contribution >= 0.6 is 11.6 Å². The maximum Gasteiger partial charge on any atom is 0.234 e. The first kappa shape index (κ1) is 18.9. The maximum absolute atomic E-state index is 12.5. The molecule has 6 nitrogen and oxygen atoms in total. The molecule has 7 heteroatoms. The molecule has 0 unspecified atom stereocenters. The average molecular weight is 402 g/mol. The van der Waals surface area contributed by atoms with Crippen molar-refractivity contribution >= 4 is 23.2 Å². The monoisotopic (exact) mass is 401 g/mol. The van der Waals surface area contributed by atoms with Crippen LogP contribution in [-0.4, -0.2) is 50.3 Å². The number of carbonyl (C=O) groups excluding carboxylic acids is 1. The van der Waals surface area contributed by atoms with Crippen LogP contribution in [0.4, 0.5) is 5.69 Å². The molecule has 2 aromatic carbocycles. The first-order valence-electron chi connectivity index (χ1n) is 9.51. The van der Waals surface area contributed by atoms with Crippen LogP contribution in [0.1, 0.15) is 18.5 Å². The van der Waals surface area contributed by atoms with Gasteiger partial charge in [-0.1, -0.05) is 29.8 Å². The number of fused-ring (bicyclic) bond motifs is 1. The Labute approximate surface area is 170 Å². The highest BCUT2D eigenvalue weighted by molar-refractivity contribution is 6.33. The van der Waals surface area contributed by atoms with Crippen molar-refractivity contribution < 1.29 is 14.3 Å². The van der Waals surface area contributed by atoms with Gasteiger partial charge in [0, 0.05) is 26.2 Å². The largest absolute Gasteiger partial charge is 0.454 e. The maximum atomic E-state index is 12.5. The first-order valence-corrected chi connectivity index (χ1v) is 9.89. The highest BCUT2D eigenvalue weighted by Crippen LogP contribution is 2.34. The highest BCUT2D eigenvalue weighted by atomic mass is 35.5. The Bertz CT molecular complexity index is 853. The van der Waals surface area contributed by atoms with Gasteiger partial charge in [0.15, 0.2) is 11.5 Å². The summed E-state index contributed by atoms with van der Waals surface area (Å²) in [6.45, 7) is 5.99. The summed E-state index contributed by atoms with van der Waals surface area (Å²) in [6, 6.07) is 13.6. The Morgan fingerprint density at radius 3 is 2.64 bits per heavy atom. The molecule has 1 N–H and O–H groups in total. The van der Waals surface area contributed by atoms with E-state index in [0.29, 0.717) is 6.54 Å². The minimum Gasteiger partial charge on any atom is -0.454 e. The molecule has 2 heterocycles. The summed E-state index contributed by atoms with van der Waals surface area (Å²) in [5, 5.41) is 3.84. The van der Waals surface area contributed by atoms with Crippen molar-refractivity contribution in [1.29, 1.82) is 0 Å². The fraction of sp³-hybridized carbons (Fsp3) is 0.381. The number of para-hydroxylation sites is 1. The molecule has 148 valence electrons. The van der Waals surface area contributed by atoms with Crippen LogP contribution in [0.2, 0.25) is 5.02 Å². The van der Waals surface area contributed by atoms with Crippen molar-refractivity contribution in [2.75, 3.05) is 44.4 Å². The summed E-state index contributed by atoms with van der Waals surface area (Å²) in [6.07, 6.45) is 0. The van der Waals surface area contributed by atoms with Gasteiger partial charge in [-0.05, 0) is 36.8 Å². The number of piperazine rings is 1. The number of benzene rings is 2. The minimum absolute atomic E-state index is 0.0244. The number of hydrogen-bond donors (Lipinski definition) is 1. The molecule has 2 aliphatic heterocycles. The molecule has 0 bridgehead atoms. The molecule has 1 saturated heterocycles. The van der Waals surface area contributed by atoms with Gasteiger partial charge in [0.1, 0.15) is 0 Å². The van der Waals surface area contributed by atoms with Gasteiger partial charge in [-0.15, -0.1) is 0 Å². The molecular formula is C21H24ClN3O3. The summed E-state index contributed by atoms with van der Waals surface area (Å²) in [4.78, 5) is 16.9. The van der Waals surface area contributed by atoms with Gasteiger partial charge in [-0.2, -0.15) is 0 Å². The average Bonchev–Trinajstić information content (AvgIpc) is 3.17. The van der Waals surface area contributed by atoms with Crippen LogP contribution in [0, 0.1) is 0 Å². The van der Waals surface area contributed by atoms with Crippen molar-refractivity contribution in [2.45, 2.75) is 13.0 Å². The van der Waals surface area contributed by atoms with E-state index in [0.717, 1.165) is 54.0 Å². The second kappa shape index (κ2) is 8.29. The lowest BCUT2D eigenvalue weighted by molar-refractivity contribution is -0.123. The molecule has 28 heavy (non-hydrogen) atoms. The molecule has 1 amide bonds. The molecular weight excluding hydrogens is 378 g/mol. The molecule has 1 fully saturated rings. The van der Waals surface area contributed by atoms with Crippen LogP contribution in [0.5, 0.6) is 11.5 Å². The lowest BCUT2D eigenvalue weighted by atomic mass is 10.1. The van der Waals surface area contributed by atoms with E-state index in [1.165, 1.54) is 0 Å². The number of rotatable bonds is 5. The molecule has 0 radical (unpaired) electrons. The lowest BCUT2D eigenvalue weighted by Gasteiger charge is -2.36. The van der Waals surface area contributed by atoms with Crippen LogP contribution in [0.25, 0.3) is 0 Å². The Morgan fingerprint density at radius 2 is 1.86 bits per heavy atom. The van der Waals surface area contributed by atoms with Crippen molar-refractivity contribution in [1.82, 2.24) is 10.2 Å². The summed E-state index contributed by atoms with van der Waals surface area (Å²) < 4.78 is 10.7. The topological polar surface area (TPSA) is 54.0 Å². The van der Waals surface area contributed by atoms with Crippen LogP contribution in [-0.2, 0) is 4.79 Å². The van der Waals surface area contributed by atoms with Gasteiger partial charge >= 0.3 is 0 Å². The number of anilines is 1. The third kappa shape index (κ3) is 4.18. The molecule has 0 spiro atoms. The zero-order valence-corrected chi connectivity index (χ0v) is 16.6. The van der Waals surface area contributed by atoms with Gasteiger partial charge in [0.05, 0.1) is 23.3 Å². The number of hydrogen-bond acceptors (Lipinski definition) is 5. The van der Waals surface area contributed by atoms with Crippen LogP contribution in [0.3, 0.4) is 0 Å². The van der Waals surface area contributed by atoms with E-state index in [2.05, 4.69) is 15.1 Å². The van der Waals surface area contributed by atoms with E-state index in [-0.39, 0.29) is 18.7 Å². The Morgan fingerprint density at radius 1 is 1.11 bits per heavy atom. The summed E-state index contributed by atoms with van der Waals surface area (Å²) in [7, 11) is 0. The SMILES string of the molecule is C[C@@H](NC(=O)CN1CCN(c2ccccc2Cl)CC1)c1ccc2c(c1)OCO2. The van der Waals surface area contributed by atoms with Gasteiger partial charge < -0.3 is 19.7 Å². The standard InChI is InChI=1S/C21H24ClN3O3/c1-15(16-6-7-19-20(12-16)28-14-27-19)23-21(26)13-24-8-10-25(11-9-24)18-5-3-2-4-17(18)22/h2-7,12,15H,8-11,13-14H2,1H3,(H,23,26)/t15-/m1/s1. The van der Waals surface area contributed by atoms with Crippen molar-refractivity contribution in [2.24, 2.45) is 0 Å². The zero-order valence-electron chi connectivity index (χ0n) is 15.9. The highest BCUT2D eigenvalue weighted by Gasteiger charge is 2.22. The molecule has 2 aliphatic rings. The van der Waals surface area contributed by atoms with E-state index < -0.39 is 0 Å². The molecule has 0 aromatic heterocycles. The predicted octanol–water partition coefficient (Wildman–Crippen LogP) is 3.07. The predicted molar refractivity (Wildman–Crippen MR) is 109 cm³/mol. The third-order valence-electron chi connectivity index (χ3n) is 5.21. The molecule has 1 atom stereocenters. The number of carbonyl (C=O) groups is 1. The number of ether oxygens (including phenoxy) is 2. The zero-order chi connectivity index (χ0) is 19.5. The second-order valence-electron chi connectivity index (χ2n) is 7.12. The van der Waals surface area contributed by atoms with Crippen molar-refractivity contribution in [3.63, 3.8) is 0 Å². The summed E-state index contributed by atoms with van der Waals surface area (Å²) in [5.74, 6) is 1.50. The lowest BCUT2D eigenvalue weighted by Crippen LogP contribution is -2.49. The summed E-state index contributed by atoms with van der Waals surface area (Å²) >= 11 is 6.29. The van der Waals surface area contributed by atoms with Crippen LogP contribution < -0.4 is 19.7 Å². The fourth-order valence-electron chi connectivity index (χ4n) is 3.61. The van der Waals surface area contributed by atoms with Gasteiger partial charge in [-0.3, -0.25) is 9.69 Å².